The van der Waals surface area contributed by atoms with E-state index in [1.54, 1.807) is 0 Å². The van der Waals surface area contributed by atoms with Gasteiger partial charge in [0.1, 0.15) is 0 Å². The average molecular weight is 267 g/mol. The van der Waals surface area contributed by atoms with Crippen molar-refractivity contribution in [3.8, 4) is 0 Å². The highest BCUT2D eigenvalue weighted by atomic mass is 15.2. The zero-order valence-electron chi connectivity index (χ0n) is 13.4. The third-order valence-corrected chi connectivity index (χ3v) is 5.50. The van der Waals surface area contributed by atoms with Crippen LogP contribution in [0.1, 0.15) is 45.4 Å². The molecule has 3 heteroatoms. The Morgan fingerprint density at radius 2 is 2.00 bits per heavy atom. The highest BCUT2D eigenvalue weighted by molar-refractivity contribution is 4.93. The molecule has 112 valence electrons. The first-order chi connectivity index (χ1) is 9.15. The van der Waals surface area contributed by atoms with Crippen LogP contribution in [0.15, 0.2) is 0 Å². The molecular formula is C16H33N3. The van der Waals surface area contributed by atoms with Crippen LogP contribution in [0, 0.1) is 5.92 Å². The molecule has 3 nitrogen and oxygen atoms in total. The Morgan fingerprint density at radius 1 is 1.21 bits per heavy atom. The molecule has 1 aliphatic carbocycles. The number of likely N-dealkylation sites (tertiary alicyclic amines) is 1. The molecule has 0 aromatic rings. The van der Waals surface area contributed by atoms with Gasteiger partial charge in [-0.25, -0.2) is 0 Å². The second-order valence-electron chi connectivity index (χ2n) is 6.80. The first-order valence-electron chi connectivity index (χ1n) is 8.23. The third-order valence-electron chi connectivity index (χ3n) is 5.50. The van der Waals surface area contributed by atoms with Gasteiger partial charge in [0.15, 0.2) is 0 Å². The maximum Gasteiger partial charge on any atom is 0.0252 e. The molecule has 1 N–H and O–H groups in total. The van der Waals surface area contributed by atoms with E-state index in [0.29, 0.717) is 6.04 Å². The van der Waals surface area contributed by atoms with Gasteiger partial charge in [0, 0.05) is 24.7 Å². The summed E-state index contributed by atoms with van der Waals surface area (Å²) in [6.07, 6.45) is 8.29. The van der Waals surface area contributed by atoms with Crippen molar-refractivity contribution < 1.29 is 0 Å². The molecule has 0 aromatic carbocycles. The summed E-state index contributed by atoms with van der Waals surface area (Å²) in [4.78, 5) is 5.21. The van der Waals surface area contributed by atoms with Crippen molar-refractivity contribution in [3.63, 3.8) is 0 Å². The number of piperidine rings is 1. The van der Waals surface area contributed by atoms with Crippen LogP contribution in [0.25, 0.3) is 0 Å². The number of rotatable bonds is 4. The van der Waals surface area contributed by atoms with Crippen LogP contribution in [0.5, 0.6) is 0 Å². The highest BCUT2D eigenvalue weighted by Gasteiger charge is 2.35. The second kappa shape index (κ2) is 7.05. The Morgan fingerprint density at radius 3 is 2.63 bits per heavy atom. The van der Waals surface area contributed by atoms with Crippen molar-refractivity contribution in [2.75, 3.05) is 34.2 Å². The summed E-state index contributed by atoms with van der Waals surface area (Å²) in [6.45, 7) is 4.94. The Kier molecular flexibility index (Phi) is 5.67. The second-order valence-corrected chi connectivity index (χ2v) is 6.80. The summed E-state index contributed by atoms with van der Waals surface area (Å²) in [7, 11) is 6.62. The van der Waals surface area contributed by atoms with Crippen molar-refractivity contribution in [1.29, 1.82) is 0 Å². The van der Waals surface area contributed by atoms with Gasteiger partial charge in [0.25, 0.3) is 0 Å². The van der Waals surface area contributed by atoms with Gasteiger partial charge in [0.05, 0.1) is 0 Å². The molecule has 2 aliphatic rings. The van der Waals surface area contributed by atoms with E-state index in [1.165, 1.54) is 51.6 Å². The molecule has 2 rings (SSSR count). The van der Waals surface area contributed by atoms with E-state index >= 15 is 0 Å². The molecule has 0 aromatic heterocycles. The quantitative estimate of drug-likeness (QED) is 0.842. The lowest BCUT2D eigenvalue weighted by atomic mass is 9.79. The fourth-order valence-electron chi connectivity index (χ4n) is 4.05. The molecule has 2 fully saturated rings. The number of nitrogens with zero attached hydrogens (tertiary/aromatic N) is 2. The zero-order valence-corrected chi connectivity index (χ0v) is 13.4. The minimum Gasteiger partial charge on any atom is -0.315 e. The van der Waals surface area contributed by atoms with E-state index in [-0.39, 0.29) is 0 Å². The minimum absolute atomic E-state index is 0.712. The van der Waals surface area contributed by atoms with Crippen LogP contribution in [0.3, 0.4) is 0 Å². The lowest BCUT2D eigenvalue weighted by Crippen LogP contribution is -2.57. The SMILES string of the molecule is CCC1CCC(NC)C(N2CCCC(N(C)C)C2)C1. The molecule has 1 saturated carbocycles. The summed E-state index contributed by atoms with van der Waals surface area (Å²) in [5, 5.41) is 3.58. The van der Waals surface area contributed by atoms with E-state index in [9.17, 15) is 0 Å². The largest absolute Gasteiger partial charge is 0.315 e. The van der Waals surface area contributed by atoms with Crippen LogP contribution in [0.2, 0.25) is 0 Å². The fourth-order valence-corrected chi connectivity index (χ4v) is 4.05. The lowest BCUT2D eigenvalue weighted by Gasteiger charge is -2.46. The van der Waals surface area contributed by atoms with Gasteiger partial charge in [-0.1, -0.05) is 13.3 Å². The summed E-state index contributed by atoms with van der Waals surface area (Å²) < 4.78 is 0. The zero-order chi connectivity index (χ0) is 13.8. The third kappa shape index (κ3) is 3.71. The Balaban J connectivity index is 1.99. The predicted octanol–water partition coefficient (Wildman–Crippen LogP) is 2.18. The first-order valence-corrected chi connectivity index (χ1v) is 8.23. The average Bonchev–Trinajstić information content (AvgIpc) is 2.46. The van der Waals surface area contributed by atoms with E-state index in [1.807, 2.05) is 0 Å². The van der Waals surface area contributed by atoms with Gasteiger partial charge in [0.2, 0.25) is 0 Å². The van der Waals surface area contributed by atoms with Crippen molar-refractivity contribution in [2.45, 2.75) is 63.6 Å². The van der Waals surface area contributed by atoms with Crippen molar-refractivity contribution in [1.82, 2.24) is 15.1 Å². The Bertz CT molecular complexity index is 267. The molecule has 1 aliphatic heterocycles. The van der Waals surface area contributed by atoms with E-state index in [2.05, 4.69) is 43.2 Å². The molecule has 19 heavy (non-hydrogen) atoms. The topological polar surface area (TPSA) is 18.5 Å². The van der Waals surface area contributed by atoms with Gasteiger partial charge < -0.3 is 10.2 Å². The maximum absolute atomic E-state index is 3.58. The summed E-state index contributed by atoms with van der Waals surface area (Å²) in [6, 6.07) is 2.24. The number of hydrogen-bond donors (Lipinski definition) is 1. The van der Waals surface area contributed by atoms with Crippen molar-refractivity contribution >= 4 is 0 Å². The van der Waals surface area contributed by atoms with Gasteiger partial charge >= 0.3 is 0 Å². The van der Waals surface area contributed by atoms with E-state index in [4.69, 9.17) is 0 Å². The van der Waals surface area contributed by atoms with Crippen LogP contribution in [0.4, 0.5) is 0 Å². The Labute approximate surface area is 119 Å². The Hall–Kier alpha value is -0.120. The van der Waals surface area contributed by atoms with Gasteiger partial charge in [-0.2, -0.15) is 0 Å². The predicted molar refractivity (Wildman–Crippen MR) is 82.5 cm³/mol. The van der Waals surface area contributed by atoms with Gasteiger partial charge in [-0.15, -0.1) is 0 Å². The summed E-state index contributed by atoms with van der Waals surface area (Å²) >= 11 is 0. The minimum atomic E-state index is 0.712. The molecule has 4 atom stereocenters. The van der Waals surface area contributed by atoms with Gasteiger partial charge in [-0.3, -0.25) is 4.90 Å². The van der Waals surface area contributed by atoms with E-state index in [0.717, 1.165) is 18.0 Å². The van der Waals surface area contributed by atoms with Crippen LogP contribution >= 0.6 is 0 Å². The number of nitrogens with one attached hydrogen (secondary N) is 1. The molecule has 1 heterocycles. The molecule has 1 saturated heterocycles. The molecule has 4 unspecified atom stereocenters. The lowest BCUT2D eigenvalue weighted by molar-refractivity contribution is 0.0481. The first kappa shape index (κ1) is 15.3. The highest BCUT2D eigenvalue weighted by Crippen LogP contribution is 2.31. The molecule has 0 amide bonds. The monoisotopic (exact) mass is 267 g/mol. The van der Waals surface area contributed by atoms with Crippen LogP contribution in [-0.4, -0.2) is 62.2 Å². The van der Waals surface area contributed by atoms with Crippen LogP contribution in [-0.2, 0) is 0 Å². The normalized spacial score (nSPS) is 37.7. The standard InChI is InChI=1S/C16H33N3/c1-5-13-8-9-15(17-2)16(11-13)19-10-6-7-14(12-19)18(3)4/h13-17H,5-12H2,1-4H3. The number of likely N-dealkylation sites (N-methyl/N-ethyl adjacent to an activating group) is 2. The maximum atomic E-state index is 3.58. The van der Waals surface area contributed by atoms with Gasteiger partial charge in [-0.05, 0) is 65.7 Å². The number of hydrogen-bond acceptors (Lipinski definition) is 3. The summed E-state index contributed by atoms with van der Waals surface area (Å²) in [5.74, 6) is 0.953. The molecule has 0 radical (unpaired) electrons. The molecular weight excluding hydrogens is 234 g/mol. The van der Waals surface area contributed by atoms with Crippen molar-refractivity contribution in [3.05, 3.63) is 0 Å². The molecule has 0 bridgehead atoms. The van der Waals surface area contributed by atoms with Crippen molar-refractivity contribution in [2.24, 2.45) is 5.92 Å². The molecule has 0 spiro atoms. The van der Waals surface area contributed by atoms with E-state index < -0.39 is 0 Å². The smallest absolute Gasteiger partial charge is 0.0252 e. The fraction of sp³-hybridized carbons (Fsp3) is 1.00. The van der Waals surface area contributed by atoms with Crippen LogP contribution < -0.4 is 5.32 Å². The summed E-state index contributed by atoms with van der Waals surface area (Å²) in [5.41, 5.74) is 0.